The Bertz CT molecular complexity index is 950. The van der Waals surface area contributed by atoms with Crippen LogP contribution in [0.1, 0.15) is 5.56 Å². The zero-order valence-electron chi connectivity index (χ0n) is 12.4. The van der Waals surface area contributed by atoms with Crippen molar-refractivity contribution in [3.05, 3.63) is 69.1 Å². The summed E-state index contributed by atoms with van der Waals surface area (Å²) in [5.41, 5.74) is 1.47. The third-order valence-electron chi connectivity index (χ3n) is 3.51. The lowest BCUT2D eigenvalue weighted by Crippen LogP contribution is -2.29. The van der Waals surface area contributed by atoms with Crippen molar-refractivity contribution in [1.82, 2.24) is 9.78 Å². The van der Waals surface area contributed by atoms with Crippen molar-refractivity contribution < 1.29 is 4.79 Å². The zero-order valence-corrected chi connectivity index (χ0v) is 14.0. The number of hydrogen-bond acceptors (Lipinski definition) is 3. The monoisotopic (exact) mass is 371 g/mol. The molecule has 2 aromatic carbocycles. The molecule has 6 heteroatoms. The van der Waals surface area contributed by atoms with Gasteiger partial charge in [-0.25, -0.2) is 4.68 Å². The van der Waals surface area contributed by atoms with E-state index in [9.17, 15) is 9.59 Å². The Morgan fingerprint density at radius 2 is 2.04 bits per heavy atom. The van der Waals surface area contributed by atoms with Gasteiger partial charge in [0.05, 0.1) is 11.6 Å². The van der Waals surface area contributed by atoms with E-state index in [4.69, 9.17) is 0 Å². The van der Waals surface area contributed by atoms with Crippen LogP contribution in [-0.2, 0) is 11.3 Å². The largest absolute Gasteiger partial charge is 0.324 e. The van der Waals surface area contributed by atoms with E-state index in [0.717, 1.165) is 15.4 Å². The molecule has 0 aliphatic rings. The summed E-state index contributed by atoms with van der Waals surface area (Å²) < 4.78 is 2.08. The third kappa shape index (κ3) is 3.32. The standard InChI is InChI=1S/C17H14BrN3O2/c1-11-6-7-13(8-15(11)18)20-16(22)10-21-17(23)14-5-3-2-4-12(14)9-19-21/h2-9H,10H2,1H3,(H,20,22). The summed E-state index contributed by atoms with van der Waals surface area (Å²) in [6.45, 7) is 1.84. The van der Waals surface area contributed by atoms with Gasteiger partial charge in [-0.15, -0.1) is 0 Å². The van der Waals surface area contributed by atoms with Crippen LogP contribution in [0.4, 0.5) is 5.69 Å². The Morgan fingerprint density at radius 1 is 1.26 bits per heavy atom. The molecule has 0 aliphatic carbocycles. The minimum Gasteiger partial charge on any atom is -0.324 e. The fraction of sp³-hybridized carbons (Fsp3) is 0.118. The van der Waals surface area contributed by atoms with Crippen LogP contribution < -0.4 is 10.9 Å². The highest BCUT2D eigenvalue weighted by molar-refractivity contribution is 9.10. The molecular formula is C17H14BrN3O2. The summed E-state index contributed by atoms with van der Waals surface area (Å²) >= 11 is 3.42. The van der Waals surface area contributed by atoms with Gasteiger partial charge in [-0.3, -0.25) is 9.59 Å². The second-order valence-electron chi connectivity index (χ2n) is 5.21. The van der Waals surface area contributed by atoms with Crippen LogP contribution in [-0.4, -0.2) is 15.7 Å². The van der Waals surface area contributed by atoms with Crippen LogP contribution in [0.5, 0.6) is 0 Å². The Labute approximate surface area is 141 Å². The maximum absolute atomic E-state index is 12.3. The minimum atomic E-state index is -0.300. The molecule has 0 aliphatic heterocycles. The van der Waals surface area contributed by atoms with Gasteiger partial charge in [-0.05, 0) is 30.7 Å². The van der Waals surface area contributed by atoms with Gasteiger partial charge in [0.2, 0.25) is 5.91 Å². The number of amides is 1. The van der Waals surface area contributed by atoms with Gasteiger partial charge in [-0.2, -0.15) is 5.10 Å². The molecule has 0 fully saturated rings. The predicted octanol–water partition coefficient (Wildman–Crippen LogP) is 3.11. The van der Waals surface area contributed by atoms with Crippen LogP contribution in [0.15, 0.2) is 57.9 Å². The van der Waals surface area contributed by atoms with E-state index in [2.05, 4.69) is 26.3 Å². The van der Waals surface area contributed by atoms with E-state index < -0.39 is 0 Å². The van der Waals surface area contributed by atoms with E-state index in [1.54, 1.807) is 18.3 Å². The number of aryl methyl sites for hydroxylation is 1. The van der Waals surface area contributed by atoms with Crippen LogP contribution in [0.2, 0.25) is 0 Å². The molecule has 0 saturated carbocycles. The van der Waals surface area contributed by atoms with Gasteiger partial charge in [0.1, 0.15) is 6.54 Å². The summed E-state index contributed by atoms with van der Waals surface area (Å²) in [5, 5.41) is 8.13. The SMILES string of the molecule is Cc1ccc(NC(=O)Cn2ncc3ccccc3c2=O)cc1Br. The van der Waals surface area contributed by atoms with E-state index in [1.807, 2.05) is 37.3 Å². The highest BCUT2D eigenvalue weighted by Crippen LogP contribution is 2.20. The molecule has 116 valence electrons. The first-order valence-electron chi connectivity index (χ1n) is 7.05. The first kappa shape index (κ1) is 15.4. The summed E-state index contributed by atoms with van der Waals surface area (Å²) in [7, 11) is 0. The number of carbonyl (C=O) groups excluding carboxylic acids is 1. The number of carbonyl (C=O) groups is 1. The van der Waals surface area contributed by atoms with Crippen molar-refractivity contribution in [2.75, 3.05) is 5.32 Å². The molecule has 0 atom stereocenters. The first-order valence-corrected chi connectivity index (χ1v) is 7.85. The van der Waals surface area contributed by atoms with Crippen LogP contribution in [0, 0.1) is 6.92 Å². The summed E-state index contributed by atoms with van der Waals surface area (Å²) in [4.78, 5) is 24.5. The van der Waals surface area contributed by atoms with Crippen molar-refractivity contribution in [1.29, 1.82) is 0 Å². The summed E-state index contributed by atoms with van der Waals surface area (Å²) in [5.74, 6) is -0.300. The lowest BCUT2D eigenvalue weighted by Gasteiger charge is -2.08. The Kier molecular flexibility index (Phi) is 4.25. The third-order valence-corrected chi connectivity index (χ3v) is 4.37. The van der Waals surface area contributed by atoms with E-state index in [0.29, 0.717) is 11.1 Å². The molecule has 0 saturated heterocycles. The topological polar surface area (TPSA) is 64.0 Å². The number of anilines is 1. The van der Waals surface area contributed by atoms with Crippen molar-refractivity contribution in [2.24, 2.45) is 0 Å². The number of aromatic nitrogens is 2. The van der Waals surface area contributed by atoms with Crippen molar-refractivity contribution in [3.8, 4) is 0 Å². The highest BCUT2D eigenvalue weighted by Gasteiger charge is 2.09. The number of hydrogen-bond donors (Lipinski definition) is 1. The number of nitrogens with one attached hydrogen (secondary N) is 1. The molecule has 3 rings (SSSR count). The molecule has 0 spiro atoms. The molecule has 0 bridgehead atoms. The Hall–Kier alpha value is -2.47. The molecule has 0 radical (unpaired) electrons. The van der Waals surface area contributed by atoms with Gasteiger partial charge in [0.15, 0.2) is 0 Å². The maximum Gasteiger partial charge on any atom is 0.275 e. The molecule has 1 amide bonds. The average Bonchev–Trinajstić information content (AvgIpc) is 2.54. The minimum absolute atomic E-state index is 0.130. The van der Waals surface area contributed by atoms with E-state index >= 15 is 0 Å². The van der Waals surface area contributed by atoms with Crippen molar-refractivity contribution >= 4 is 38.3 Å². The van der Waals surface area contributed by atoms with Gasteiger partial charge >= 0.3 is 0 Å². The second-order valence-corrected chi connectivity index (χ2v) is 6.06. The molecule has 23 heavy (non-hydrogen) atoms. The highest BCUT2D eigenvalue weighted by atomic mass is 79.9. The molecule has 5 nitrogen and oxygen atoms in total. The molecular weight excluding hydrogens is 358 g/mol. The lowest BCUT2D eigenvalue weighted by molar-refractivity contribution is -0.117. The average molecular weight is 372 g/mol. The van der Waals surface area contributed by atoms with Crippen molar-refractivity contribution in [2.45, 2.75) is 13.5 Å². The lowest BCUT2D eigenvalue weighted by atomic mass is 10.2. The van der Waals surface area contributed by atoms with E-state index in [1.165, 1.54) is 4.68 Å². The van der Waals surface area contributed by atoms with Gasteiger partial charge in [-0.1, -0.05) is 40.2 Å². The van der Waals surface area contributed by atoms with Gasteiger partial charge in [0.25, 0.3) is 5.56 Å². The zero-order chi connectivity index (χ0) is 16.4. The number of halogens is 1. The molecule has 1 heterocycles. The van der Waals surface area contributed by atoms with E-state index in [-0.39, 0.29) is 18.0 Å². The number of rotatable bonds is 3. The molecule has 1 aromatic heterocycles. The smallest absolute Gasteiger partial charge is 0.275 e. The number of fused-ring (bicyclic) bond motifs is 1. The number of nitrogens with zero attached hydrogens (tertiary/aromatic N) is 2. The van der Waals surface area contributed by atoms with Crippen molar-refractivity contribution in [3.63, 3.8) is 0 Å². The maximum atomic E-state index is 12.3. The summed E-state index contributed by atoms with van der Waals surface area (Å²) in [6, 6.07) is 12.7. The van der Waals surface area contributed by atoms with Gasteiger partial charge in [0, 0.05) is 15.5 Å². The predicted molar refractivity (Wildman–Crippen MR) is 93.5 cm³/mol. The van der Waals surface area contributed by atoms with Crippen LogP contribution in [0.25, 0.3) is 10.8 Å². The Morgan fingerprint density at radius 3 is 2.83 bits per heavy atom. The van der Waals surface area contributed by atoms with Crippen LogP contribution >= 0.6 is 15.9 Å². The first-order chi connectivity index (χ1) is 11.0. The van der Waals surface area contributed by atoms with Gasteiger partial charge < -0.3 is 5.32 Å². The van der Waals surface area contributed by atoms with Crippen LogP contribution in [0.3, 0.4) is 0 Å². The molecule has 1 N–H and O–H groups in total. The quantitative estimate of drug-likeness (QED) is 0.769. The fourth-order valence-corrected chi connectivity index (χ4v) is 2.63. The molecule has 3 aromatic rings. The summed E-state index contributed by atoms with van der Waals surface area (Å²) in [6.07, 6.45) is 1.59. The second kappa shape index (κ2) is 6.34. The molecule has 0 unspecified atom stereocenters. The Balaban J connectivity index is 1.81. The normalized spacial score (nSPS) is 10.7. The number of benzene rings is 2. The fourth-order valence-electron chi connectivity index (χ4n) is 2.25.